The van der Waals surface area contributed by atoms with E-state index in [1.807, 2.05) is 48.7 Å². The maximum absolute atomic E-state index is 6.26. The minimum absolute atomic E-state index is 0.510. The highest BCUT2D eigenvalue weighted by molar-refractivity contribution is 6.31. The van der Waals surface area contributed by atoms with Crippen LogP contribution in [0.4, 0.5) is 0 Å². The van der Waals surface area contributed by atoms with Crippen LogP contribution >= 0.6 is 11.6 Å². The van der Waals surface area contributed by atoms with E-state index >= 15 is 0 Å². The summed E-state index contributed by atoms with van der Waals surface area (Å²) in [5, 5.41) is 0.661. The van der Waals surface area contributed by atoms with Crippen molar-refractivity contribution < 1.29 is 4.74 Å². The number of benzene rings is 2. The molecule has 5 heteroatoms. The molecule has 0 bridgehead atoms. The number of fused-ring (bicyclic) bond motifs is 3. The fraction of sp³-hybridized carbons (Fsp3) is 0.105. The summed E-state index contributed by atoms with van der Waals surface area (Å²) in [4.78, 5) is 13.4. The van der Waals surface area contributed by atoms with Crippen molar-refractivity contribution in [3.63, 3.8) is 0 Å². The Balaban J connectivity index is 2.01. The van der Waals surface area contributed by atoms with Gasteiger partial charge in [-0.05, 0) is 24.3 Å². The number of methoxy groups -OCH3 is 1. The topological polar surface area (TPSA) is 47.4 Å². The summed E-state index contributed by atoms with van der Waals surface area (Å²) in [7, 11) is 1.66. The number of hydrogen-bond acceptors (Lipinski definition) is 4. The Morgan fingerprint density at radius 1 is 1.04 bits per heavy atom. The molecule has 0 aliphatic carbocycles. The van der Waals surface area contributed by atoms with Crippen molar-refractivity contribution in [1.29, 1.82) is 0 Å². The lowest BCUT2D eigenvalue weighted by Crippen LogP contribution is -2.07. The Morgan fingerprint density at radius 2 is 1.92 bits per heavy atom. The molecule has 0 saturated carbocycles. The summed E-state index contributed by atoms with van der Waals surface area (Å²) >= 11 is 6.26. The Kier molecular flexibility index (Phi) is 3.75. The van der Waals surface area contributed by atoms with Crippen LogP contribution in [-0.4, -0.2) is 22.8 Å². The maximum Gasteiger partial charge on any atom is 0.128 e. The molecule has 118 valence electrons. The second-order valence-electron chi connectivity index (χ2n) is 5.45. The average molecular weight is 336 g/mol. The van der Waals surface area contributed by atoms with Gasteiger partial charge in [0.25, 0.3) is 0 Å². The third-order valence-corrected chi connectivity index (χ3v) is 4.28. The lowest BCUT2D eigenvalue weighted by Gasteiger charge is -2.13. The lowest BCUT2D eigenvalue weighted by molar-refractivity contribution is 0.414. The third kappa shape index (κ3) is 2.45. The van der Waals surface area contributed by atoms with Crippen molar-refractivity contribution in [3.05, 3.63) is 76.7 Å². The molecule has 0 fully saturated rings. The van der Waals surface area contributed by atoms with Crippen molar-refractivity contribution in [2.24, 2.45) is 4.99 Å². The summed E-state index contributed by atoms with van der Waals surface area (Å²) in [6.45, 7) is 0.510. The number of halogens is 1. The molecule has 0 N–H and O–H groups in total. The Morgan fingerprint density at radius 3 is 2.79 bits per heavy atom. The monoisotopic (exact) mass is 335 g/mol. The highest BCUT2D eigenvalue weighted by atomic mass is 35.5. The van der Waals surface area contributed by atoms with Crippen molar-refractivity contribution in [1.82, 2.24) is 9.97 Å². The van der Waals surface area contributed by atoms with Gasteiger partial charge in [0.1, 0.15) is 12.1 Å². The Hall–Kier alpha value is -2.72. The van der Waals surface area contributed by atoms with E-state index in [-0.39, 0.29) is 0 Å². The number of rotatable bonds is 2. The summed E-state index contributed by atoms with van der Waals surface area (Å²) < 4.78 is 5.52. The van der Waals surface area contributed by atoms with Crippen molar-refractivity contribution in [3.8, 4) is 17.0 Å². The zero-order valence-electron chi connectivity index (χ0n) is 13.0. The molecule has 0 saturated heterocycles. The van der Waals surface area contributed by atoms with Crippen LogP contribution < -0.4 is 4.74 Å². The zero-order valence-corrected chi connectivity index (χ0v) is 13.8. The molecule has 0 radical (unpaired) electrons. The van der Waals surface area contributed by atoms with E-state index in [1.165, 1.54) is 0 Å². The van der Waals surface area contributed by atoms with Crippen LogP contribution in [0.2, 0.25) is 5.02 Å². The average Bonchev–Trinajstić information content (AvgIpc) is 2.78. The van der Waals surface area contributed by atoms with Gasteiger partial charge in [0.05, 0.1) is 25.1 Å². The van der Waals surface area contributed by atoms with Crippen LogP contribution in [0, 0.1) is 0 Å². The fourth-order valence-corrected chi connectivity index (χ4v) is 3.13. The maximum atomic E-state index is 6.26. The minimum atomic E-state index is 0.510. The van der Waals surface area contributed by atoms with E-state index in [9.17, 15) is 0 Å². The van der Waals surface area contributed by atoms with Crippen LogP contribution in [0.1, 0.15) is 16.7 Å². The normalized spacial score (nSPS) is 12.7. The molecule has 1 aromatic heterocycles. The van der Waals surface area contributed by atoms with Gasteiger partial charge in [0, 0.05) is 33.5 Å². The molecule has 24 heavy (non-hydrogen) atoms. The first-order valence-corrected chi connectivity index (χ1v) is 7.92. The summed E-state index contributed by atoms with van der Waals surface area (Å²) in [5.41, 5.74) is 5.62. The lowest BCUT2D eigenvalue weighted by atomic mass is 9.95. The quantitative estimate of drug-likeness (QED) is 0.706. The van der Waals surface area contributed by atoms with Crippen LogP contribution in [0.15, 0.2) is 60.0 Å². The van der Waals surface area contributed by atoms with Gasteiger partial charge in [0.2, 0.25) is 0 Å². The van der Waals surface area contributed by atoms with E-state index in [1.54, 1.807) is 13.4 Å². The van der Waals surface area contributed by atoms with E-state index < -0.39 is 0 Å². The molecular formula is C19H14ClN3O. The summed E-state index contributed by atoms with van der Waals surface area (Å²) in [6.07, 6.45) is 3.38. The highest BCUT2D eigenvalue weighted by Crippen LogP contribution is 2.34. The molecule has 2 aromatic carbocycles. The van der Waals surface area contributed by atoms with Gasteiger partial charge in [0.15, 0.2) is 0 Å². The number of aliphatic imine (C=N–C) groups is 1. The van der Waals surface area contributed by atoms with E-state index in [0.717, 1.165) is 39.4 Å². The predicted octanol–water partition coefficient (Wildman–Crippen LogP) is 4.16. The predicted molar refractivity (Wildman–Crippen MR) is 94.8 cm³/mol. The molecule has 0 atom stereocenters. The van der Waals surface area contributed by atoms with Gasteiger partial charge in [-0.2, -0.15) is 0 Å². The smallest absolute Gasteiger partial charge is 0.128 e. The molecule has 4 nitrogen and oxygen atoms in total. The van der Waals surface area contributed by atoms with Crippen molar-refractivity contribution in [2.75, 3.05) is 7.11 Å². The van der Waals surface area contributed by atoms with Crippen LogP contribution in [0.3, 0.4) is 0 Å². The largest absolute Gasteiger partial charge is 0.496 e. The number of nitrogens with zero attached hydrogens (tertiary/aromatic N) is 3. The second-order valence-corrected chi connectivity index (χ2v) is 5.89. The first-order valence-electron chi connectivity index (χ1n) is 7.55. The van der Waals surface area contributed by atoms with Gasteiger partial charge < -0.3 is 4.74 Å². The molecule has 0 unspecified atom stereocenters. The fourth-order valence-electron chi connectivity index (χ4n) is 2.96. The minimum Gasteiger partial charge on any atom is -0.496 e. The SMILES string of the molecule is COc1ccccc1C1=NCc2cncnc2-c2ccc(Cl)cc21. The van der Waals surface area contributed by atoms with Crippen LogP contribution in [-0.2, 0) is 6.54 Å². The standard InChI is InChI=1S/C19H14ClN3O/c1-24-17-5-3-2-4-15(17)19-16-8-13(20)6-7-14(16)18-12(10-22-19)9-21-11-23-18/h2-9,11H,10H2,1H3. The van der Waals surface area contributed by atoms with Gasteiger partial charge in [-0.25, -0.2) is 9.97 Å². The Labute approximate surface area is 144 Å². The molecule has 0 spiro atoms. The van der Waals surface area contributed by atoms with E-state index in [0.29, 0.717) is 11.6 Å². The van der Waals surface area contributed by atoms with Crippen molar-refractivity contribution >= 4 is 17.3 Å². The molecule has 1 aliphatic rings. The van der Waals surface area contributed by atoms with E-state index in [2.05, 4.69) is 9.97 Å². The number of hydrogen-bond donors (Lipinski definition) is 0. The third-order valence-electron chi connectivity index (χ3n) is 4.05. The molecular weight excluding hydrogens is 322 g/mol. The van der Waals surface area contributed by atoms with Crippen molar-refractivity contribution in [2.45, 2.75) is 6.54 Å². The summed E-state index contributed by atoms with van der Waals surface area (Å²) in [6, 6.07) is 13.6. The highest BCUT2D eigenvalue weighted by Gasteiger charge is 2.22. The molecule has 3 aromatic rings. The molecule has 0 amide bonds. The zero-order chi connectivity index (χ0) is 16.5. The van der Waals surface area contributed by atoms with Gasteiger partial charge >= 0.3 is 0 Å². The second kappa shape index (κ2) is 6.06. The number of ether oxygens (including phenoxy) is 1. The van der Waals surface area contributed by atoms with Gasteiger partial charge in [-0.1, -0.05) is 29.8 Å². The first-order chi connectivity index (χ1) is 11.8. The summed E-state index contributed by atoms with van der Waals surface area (Å²) in [5.74, 6) is 0.777. The van der Waals surface area contributed by atoms with Crippen LogP contribution in [0.5, 0.6) is 5.75 Å². The van der Waals surface area contributed by atoms with Gasteiger partial charge in [-0.3, -0.25) is 4.99 Å². The van der Waals surface area contributed by atoms with Crippen LogP contribution in [0.25, 0.3) is 11.3 Å². The molecule has 1 aliphatic heterocycles. The Bertz CT molecular complexity index is 953. The first kappa shape index (κ1) is 14.8. The molecule has 2 heterocycles. The van der Waals surface area contributed by atoms with E-state index in [4.69, 9.17) is 21.3 Å². The number of aromatic nitrogens is 2. The van der Waals surface area contributed by atoms with Gasteiger partial charge in [-0.15, -0.1) is 0 Å². The number of para-hydroxylation sites is 1. The molecule has 4 rings (SSSR count).